The van der Waals surface area contributed by atoms with Gasteiger partial charge in [0.25, 0.3) is 5.91 Å². The van der Waals surface area contributed by atoms with Crippen molar-refractivity contribution in [2.75, 3.05) is 5.01 Å². The molecule has 0 saturated heterocycles. The SMILES string of the molecule is CC1=NN(c2ccc(Oc3ccccc3)c(S(O)(O)O)c2)C(=O)C1. The minimum Gasteiger partial charge on any atom is -0.456 e. The number of amides is 1. The van der Waals surface area contributed by atoms with E-state index >= 15 is 0 Å². The maximum Gasteiger partial charge on any atom is 0.253 e. The van der Waals surface area contributed by atoms with E-state index in [0.717, 1.165) is 5.01 Å². The van der Waals surface area contributed by atoms with Gasteiger partial charge in [-0.1, -0.05) is 18.2 Å². The zero-order valence-electron chi connectivity index (χ0n) is 12.8. The molecule has 1 heterocycles. The summed E-state index contributed by atoms with van der Waals surface area (Å²) in [5.74, 6) is 0.325. The standard InChI is InChI=1S/C16H16N2O5S/c1-11-9-16(19)18(17-11)12-7-8-14(15(10-12)24(20,21)22)23-13-5-3-2-4-6-13/h2-8,10,20-22H,9H2,1H3. The predicted molar refractivity (Wildman–Crippen MR) is 91.9 cm³/mol. The number of hydrogen-bond acceptors (Lipinski definition) is 6. The molecule has 0 saturated carbocycles. The first kappa shape index (κ1) is 16.5. The maximum atomic E-state index is 11.9. The topological polar surface area (TPSA) is 103 Å². The average Bonchev–Trinajstić information content (AvgIpc) is 2.86. The molecule has 0 radical (unpaired) electrons. The van der Waals surface area contributed by atoms with E-state index in [-0.39, 0.29) is 23.0 Å². The lowest BCUT2D eigenvalue weighted by Gasteiger charge is -2.24. The molecule has 0 fully saturated rings. The molecule has 7 nitrogen and oxygen atoms in total. The van der Waals surface area contributed by atoms with E-state index < -0.39 is 10.9 Å². The monoisotopic (exact) mass is 348 g/mol. The van der Waals surface area contributed by atoms with Crippen molar-refractivity contribution in [1.29, 1.82) is 0 Å². The highest BCUT2D eigenvalue weighted by Gasteiger charge is 2.27. The smallest absolute Gasteiger partial charge is 0.253 e. The Morgan fingerprint density at radius 1 is 1.12 bits per heavy atom. The highest BCUT2D eigenvalue weighted by molar-refractivity contribution is 8.19. The summed E-state index contributed by atoms with van der Waals surface area (Å²) in [5, 5.41) is 5.26. The fraction of sp³-hybridized carbons (Fsp3) is 0.125. The van der Waals surface area contributed by atoms with Crippen molar-refractivity contribution in [3.63, 3.8) is 0 Å². The molecule has 2 aromatic carbocycles. The number of benzene rings is 2. The van der Waals surface area contributed by atoms with Crippen LogP contribution in [0, 0.1) is 0 Å². The fourth-order valence-corrected chi connectivity index (χ4v) is 2.96. The van der Waals surface area contributed by atoms with E-state index in [1.165, 1.54) is 12.1 Å². The molecule has 1 amide bonds. The summed E-state index contributed by atoms with van der Waals surface area (Å²) < 4.78 is 34.7. The number of para-hydroxylation sites is 1. The van der Waals surface area contributed by atoms with E-state index in [1.807, 2.05) is 6.07 Å². The summed E-state index contributed by atoms with van der Waals surface area (Å²) in [4.78, 5) is 11.7. The number of carbonyl (C=O) groups excluding carboxylic acids is 1. The second kappa shape index (κ2) is 6.25. The number of rotatable bonds is 4. The van der Waals surface area contributed by atoms with Gasteiger partial charge in [-0.05, 0) is 37.3 Å². The number of hydrazone groups is 1. The number of nitrogens with zero attached hydrogens (tertiary/aromatic N) is 2. The van der Waals surface area contributed by atoms with E-state index in [4.69, 9.17) is 4.74 Å². The number of hydrogen-bond donors (Lipinski definition) is 3. The molecule has 0 unspecified atom stereocenters. The molecule has 0 aliphatic carbocycles. The Labute approximate surface area is 140 Å². The summed E-state index contributed by atoms with van der Waals surface area (Å²) in [6.45, 7) is 1.73. The van der Waals surface area contributed by atoms with Crippen LogP contribution >= 0.6 is 10.9 Å². The van der Waals surface area contributed by atoms with Gasteiger partial charge in [-0.25, -0.2) is 5.01 Å². The molecule has 1 aliphatic rings. The van der Waals surface area contributed by atoms with Crippen LogP contribution in [-0.4, -0.2) is 25.3 Å². The van der Waals surface area contributed by atoms with Gasteiger partial charge in [-0.3, -0.25) is 4.79 Å². The highest BCUT2D eigenvalue weighted by atomic mass is 32.3. The van der Waals surface area contributed by atoms with Gasteiger partial charge in [0, 0.05) is 5.71 Å². The summed E-state index contributed by atoms with van der Waals surface area (Å²) >= 11 is 0. The van der Waals surface area contributed by atoms with Crippen molar-refractivity contribution in [1.82, 2.24) is 0 Å². The van der Waals surface area contributed by atoms with Crippen LogP contribution in [0.2, 0.25) is 0 Å². The van der Waals surface area contributed by atoms with Gasteiger partial charge < -0.3 is 18.4 Å². The van der Waals surface area contributed by atoms with Crippen molar-refractivity contribution in [2.45, 2.75) is 18.2 Å². The van der Waals surface area contributed by atoms with Gasteiger partial charge in [0.05, 0.1) is 12.1 Å². The molecule has 3 N–H and O–H groups in total. The predicted octanol–water partition coefficient (Wildman–Crippen LogP) is 4.17. The van der Waals surface area contributed by atoms with E-state index in [9.17, 15) is 18.5 Å². The summed E-state index contributed by atoms with van der Waals surface area (Å²) in [6, 6.07) is 13.0. The van der Waals surface area contributed by atoms with E-state index in [1.54, 1.807) is 37.3 Å². The lowest BCUT2D eigenvalue weighted by atomic mass is 10.2. The molecule has 1 aliphatic heterocycles. The van der Waals surface area contributed by atoms with Gasteiger partial charge in [0.1, 0.15) is 27.3 Å². The zero-order chi connectivity index (χ0) is 17.3. The number of ether oxygens (including phenoxy) is 1. The van der Waals surface area contributed by atoms with E-state index in [0.29, 0.717) is 17.1 Å². The Bertz CT molecular complexity index is 802. The first-order valence-corrected chi connectivity index (χ1v) is 8.59. The molecule has 24 heavy (non-hydrogen) atoms. The highest BCUT2D eigenvalue weighted by Crippen LogP contribution is 2.51. The van der Waals surface area contributed by atoms with Crippen LogP contribution in [0.1, 0.15) is 13.3 Å². The third-order valence-corrected chi connectivity index (χ3v) is 4.26. The second-order valence-electron chi connectivity index (χ2n) is 5.28. The minimum atomic E-state index is -4.05. The van der Waals surface area contributed by atoms with Crippen molar-refractivity contribution >= 4 is 28.2 Å². The zero-order valence-corrected chi connectivity index (χ0v) is 13.6. The number of anilines is 1. The first-order valence-electron chi connectivity index (χ1n) is 7.09. The van der Waals surface area contributed by atoms with Crippen LogP contribution in [0.5, 0.6) is 11.5 Å². The first-order chi connectivity index (χ1) is 11.3. The summed E-state index contributed by atoms with van der Waals surface area (Å²) in [7, 11) is -4.05. The van der Waals surface area contributed by atoms with Gasteiger partial charge in [0.15, 0.2) is 0 Å². The maximum absolute atomic E-state index is 11.9. The second-order valence-corrected chi connectivity index (χ2v) is 6.76. The Balaban J connectivity index is 2.00. The molecule has 0 bridgehead atoms. The van der Waals surface area contributed by atoms with Crippen LogP contribution in [-0.2, 0) is 4.79 Å². The summed E-state index contributed by atoms with van der Waals surface area (Å²) in [5.41, 5.74) is 0.975. The largest absolute Gasteiger partial charge is 0.456 e. The lowest BCUT2D eigenvalue weighted by Crippen LogP contribution is -2.19. The molecule has 126 valence electrons. The Morgan fingerprint density at radius 2 is 1.83 bits per heavy atom. The lowest BCUT2D eigenvalue weighted by molar-refractivity contribution is -0.116. The fourth-order valence-electron chi connectivity index (χ4n) is 2.30. The molecule has 3 rings (SSSR count). The Morgan fingerprint density at radius 3 is 2.42 bits per heavy atom. The van der Waals surface area contributed by atoms with Crippen molar-refractivity contribution in [3.05, 3.63) is 48.5 Å². The van der Waals surface area contributed by atoms with E-state index in [2.05, 4.69) is 5.10 Å². The van der Waals surface area contributed by atoms with Crippen molar-refractivity contribution in [2.24, 2.45) is 5.10 Å². The molecule has 0 spiro atoms. The Hall–Kier alpha value is -2.39. The van der Waals surface area contributed by atoms with Crippen LogP contribution in [0.3, 0.4) is 0 Å². The Kier molecular flexibility index (Phi) is 4.29. The molecule has 8 heteroatoms. The van der Waals surface area contributed by atoms with Crippen LogP contribution < -0.4 is 9.75 Å². The van der Waals surface area contributed by atoms with Crippen molar-refractivity contribution in [3.8, 4) is 11.5 Å². The van der Waals surface area contributed by atoms with Gasteiger partial charge >= 0.3 is 0 Å². The molecular formula is C16H16N2O5S. The molecular weight excluding hydrogens is 332 g/mol. The molecule has 2 aromatic rings. The van der Waals surface area contributed by atoms with Crippen LogP contribution in [0.25, 0.3) is 0 Å². The minimum absolute atomic E-state index is 0.0831. The van der Waals surface area contributed by atoms with Gasteiger partial charge in [-0.2, -0.15) is 5.10 Å². The molecule has 0 aromatic heterocycles. The van der Waals surface area contributed by atoms with Gasteiger partial charge in [0.2, 0.25) is 0 Å². The summed E-state index contributed by atoms with van der Waals surface area (Å²) in [6.07, 6.45) is 0.201. The van der Waals surface area contributed by atoms with Crippen LogP contribution in [0.4, 0.5) is 5.69 Å². The van der Waals surface area contributed by atoms with Crippen LogP contribution in [0.15, 0.2) is 58.5 Å². The molecule has 0 atom stereocenters. The average molecular weight is 348 g/mol. The third kappa shape index (κ3) is 3.41. The third-order valence-electron chi connectivity index (χ3n) is 3.35. The van der Waals surface area contributed by atoms with Gasteiger partial charge in [-0.15, -0.1) is 0 Å². The quantitative estimate of drug-likeness (QED) is 0.769. The van der Waals surface area contributed by atoms with Crippen molar-refractivity contribution < 1.29 is 23.2 Å². The number of carbonyl (C=O) groups is 1. The normalized spacial score (nSPS) is 15.4.